The van der Waals surface area contributed by atoms with Crippen molar-refractivity contribution in [3.8, 4) is 0 Å². The lowest BCUT2D eigenvalue weighted by Crippen LogP contribution is -2.44. The lowest BCUT2D eigenvalue weighted by atomic mass is 9.69. The minimum Gasteiger partial charge on any atom is -0.466 e. The van der Waals surface area contributed by atoms with Gasteiger partial charge < -0.3 is 18.8 Å². The molecule has 3 heterocycles. The number of benzene rings is 1. The Labute approximate surface area is 148 Å². The van der Waals surface area contributed by atoms with Gasteiger partial charge >= 0.3 is 13.1 Å². The Morgan fingerprint density at radius 1 is 1.16 bits per heavy atom. The molecule has 132 valence electrons. The van der Waals surface area contributed by atoms with Crippen LogP contribution in [0.5, 0.6) is 0 Å². The number of methoxy groups -OCH3 is 1. The van der Waals surface area contributed by atoms with E-state index in [1.54, 1.807) is 6.08 Å². The van der Waals surface area contributed by atoms with Crippen molar-refractivity contribution in [3.05, 3.63) is 41.0 Å². The van der Waals surface area contributed by atoms with E-state index in [1.807, 2.05) is 46.8 Å². The molecule has 2 atom stereocenters. The molecule has 0 amide bonds. The number of aryl methyl sites for hydroxylation is 1. The summed E-state index contributed by atoms with van der Waals surface area (Å²) in [5.74, 6) is -0.424. The third kappa shape index (κ3) is 2.11. The molecule has 0 radical (unpaired) electrons. The first-order chi connectivity index (χ1) is 11.6. The molecule has 0 N–H and O–H groups in total. The summed E-state index contributed by atoms with van der Waals surface area (Å²) in [6.45, 7) is 10.1. The lowest BCUT2D eigenvalue weighted by molar-refractivity contribution is -0.162. The van der Waals surface area contributed by atoms with Gasteiger partial charge in [0.05, 0.1) is 18.3 Å². The van der Waals surface area contributed by atoms with Gasteiger partial charge in [-0.25, -0.2) is 4.79 Å². The minimum absolute atomic E-state index is 0.241. The number of hydrogen-bond donors (Lipinski definition) is 0. The average molecular weight is 342 g/mol. The van der Waals surface area contributed by atoms with Gasteiger partial charge in [-0.3, -0.25) is 0 Å². The van der Waals surface area contributed by atoms with Crippen molar-refractivity contribution < 1.29 is 23.6 Å². The second-order valence-corrected chi connectivity index (χ2v) is 8.03. The molecule has 0 unspecified atom stereocenters. The predicted molar refractivity (Wildman–Crippen MR) is 93.6 cm³/mol. The Morgan fingerprint density at radius 2 is 1.80 bits per heavy atom. The number of carbonyl (C=O) groups is 1. The first kappa shape index (κ1) is 16.8. The normalized spacial score (nSPS) is 30.6. The second-order valence-electron chi connectivity index (χ2n) is 8.03. The van der Waals surface area contributed by atoms with Gasteiger partial charge in [-0.1, -0.05) is 23.8 Å². The second kappa shape index (κ2) is 4.97. The van der Waals surface area contributed by atoms with Crippen LogP contribution in [0, 0.1) is 6.92 Å². The van der Waals surface area contributed by atoms with Gasteiger partial charge in [0.2, 0.25) is 5.60 Å². The van der Waals surface area contributed by atoms with Crippen molar-refractivity contribution >= 4 is 18.6 Å². The molecule has 0 spiro atoms. The van der Waals surface area contributed by atoms with E-state index in [9.17, 15) is 4.79 Å². The molecule has 3 aliphatic rings. The Balaban J connectivity index is 1.88. The zero-order valence-corrected chi connectivity index (χ0v) is 15.5. The van der Waals surface area contributed by atoms with Crippen molar-refractivity contribution in [2.45, 2.75) is 57.5 Å². The highest BCUT2D eigenvalue weighted by molar-refractivity contribution is 6.63. The van der Waals surface area contributed by atoms with Gasteiger partial charge in [0.15, 0.2) is 0 Å². The Kier molecular flexibility index (Phi) is 3.34. The molecule has 1 aromatic rings. The van der Waals surface area contributed by atoms with Gasteiger partial charge in [0, 0.05) is 5.56 Å². The fraction of sp³-hybridized carbons (Fsp3) is 0.526. The van der Waals surface area contributed by atoms with Crippen LogP contribution in [0.1, 0.15) is 50.5 Å². The lowest BCUT2D eigenvalue weighted by Gasteiger charge is -2.32. The Hall–Kier alpha value is -1.63. The third-order valence-corrected chi connectivity index (χ3v) is 5.84. The van der Waals surface area contributed by atoms with Crippen LogP contribution in [0.3, 0.4) is 0 Å². The fourth-order valence-electron chi connectivity index (χ4n) is 3.83. The van der Waals surface area contributed by atoms with E-state index in [2.05, 4.69) is 6.07 Å². The van der Waals surface area contributed by atoms with Crippen LogP contribution in [0.2, 0.25) is 0 Å². The highest BCUT2D eigenvalue weighted by Crippen LogP contribution is 2.51. The SMILES string of the molecule is COC(=O)[C@@]12C=C[C@@H](O1)c1cc(C)cc(B3OC(C)(C)C(C)(C)O3)c12. The van der Waals surface area contributed by atoms with Crippen LogP contribution in [0.15, 0.2) is 24.3 Å². The summed E-state index contributed by atoms with van der Waals surface area (Å²) in [5.41, 5.74) is 1.58. The van der Waals surface area contributed by atoms with Crippen LogP contribution in [-0.4, -0.2) is 31.4 Å². The smallest absolute Gasteiger partial charge is 0.466 e. The summed E-state index contributed by atoms with van der Waals surface area (Å²) in [4.78, 5) is 12.6. The number of ether oxygens (including phenoxy) is 2. The van der Waals surface area contributed by atoms with Crippen LogP contribution in [-0.2, 0) is 29.2 Å². The number of fused-ring (bicyclic) bond motifs is 5. The molecule has 1 fully saturated rings. The summed E-state index contributed by atoms with van der Waals surface area (Å²) >= 11 is 0. The molecule has 3 aliphatic heterocycles. The van der Waals surface area contributed by atoms with E-state index in [-0.39, 0.29) is 6.10 Å². The highest BCUT2D eigenvalue weighted by Gasteiger charge is 2.59. The molecule has 1 saturated heterocycles. The topological polar surface area (TPSA) is 54.0 Å². The summed E-state index contributed by atoms with van der Waals surface area (Å²) in [6, 6.07) is 4.08. The van der Waals surface area contributed by atoms with E-state index >= 15 is 0 Å². The van der Waals surface area contributed by atoms with E-state index in [1.165, 1.54) is 7.11 Å². The number of esters is 1. The first-order valence-electron chi connectivity index (χ1n) is 8.57. The quantitative estimate of drug-likeness (QED) is 0.469. The van der Waals surface area contributed by atoms with Crippen LogP contribution < -0.4 is 5.46 Å². The molecule has 0 aliphatic carbocycles. The monoisotopic (exact) mass is 342 g/mol. The predicted octanol–water partition coefficient (Wildman–Crippen LogP) is 2.30. The first-order valence-corrected chi connectivity index (χ1v) is 8.57. The van der Waals surface area contributed by atoms with Crippen molar-refractivity contribution in [1.29, 1.82) is 0 Å². The summed E-state index contributed by atoms with van der Waals surface area (Å²) in [5, 5.41) is 0. The van der Waals surface area contributed by atoms with Crippen LogP contribution >= 0.6 is 0 Å². The molecule has 0 aromatic heterocycles. The zero-order valence-electron chi connectivity index (χ0n) is 15.5. The van der Waals surface area contributed by atoms with Gasteiger partial charge in [-0.05, 0) is 51.7 Å². The largest absolute Gasteiger partial charge is 0.495 e. The molecule has 5 nitrogen and oxygen atoms in total. The van der Waals surface area contributed by atoms with E-state index in [0.717, 1.165) is 22.2 Å². The minimum atomic E-state index is -1.21. The average Bonchev–Trinajstić information content (AvgIpc) is 3.15. The van der Waals surface area contributed by atoms with E-state index in [0.29, 0.717) is 0 Å². The third-order valence-electron chi connectivity index (χ3n) is 5.84. The van der Waals surface area contributed by atoms with Crippen molar-refractivity contribution in [3.63, 3.8) is 0 Å². The maximum absolute atomic E-state index is 12.6. The standard InChI is InChI=1S/C19H23BO5/c1-11-9-12-14-7-8-19(23-14,16(21)22-6)15(12)13(10-11)20-24-17(2,3)18(4,5)25-20/h7-10,14H,1-6H3/t14-,19+/m1/s1. The number of carbonyl (C=O) groups excluding carboxylic acids is 1. The van der Waals surface area contributed by atoms with Crippen molar-refractivity contribution in [2.24, 2.45) is 0 Å². The van der Waals surface area contributed by atoms with Gasteiger partial charge in [-0.15, -0.1) is 0 Å². The van der Waals surface area contributed by atoms with E-state index in [4.69, 9.17) is 18.8 Å². The molecular formula is C19H23BO5. The van der Waals surface area contributed by atoms with Crippen LogP contribution in [0.25, 0.3) is 0 Å². The van der Waals surface area contributed by atoms with E-state index < -0.39 is 29.9 Å². The number of hydrogen-bond acceptors (Lipinski definition) is 5. The van der Waals surface area contributed by atoms with Crippen molar-refractivity contribution in [2.75, 3.05) is 7.11 Å². The molecular weight excluding hydrogens is 319 g/mol. The maximum Gasteiger partial charge on any atom is 0.495 e. The molecule has 4 rings (SSSR count). The molecule has 6 heteroatoms. The molecule has 2 bridgehead atoms. The molecule has 25 heavy (non-hydrogen) atoms. The van der Waals surface area contributed by atoms with Gasteiger partial charge in [-0.2, -0.15) is 0 Å². The summed E-state index contributed by atoms with van der Waals surface area (Å²) < 4.78 is 23.6. The summed E-state index contributed by atoms with van der Waals surface area (Å²) in [6.07, 6.45) is 3.46. The Bertz CT molecular complexity index is 781. The van der Waals surface area contributed by atoms with Gasteiger partial charge in [0.1, 0.15) is 6.10 Å². The molecule has 1 aromatic carbocycles. The zero-order chi connectivity index (χ0) is 18.2. The fourth-order valence-corrected chi connectivity index (χ4v) is 3.83. The van der Waals surface area contributed by atoms with Gasteiger partial charge in [0.25, 0.3) is 0 Å². The molecule has 0 saturated carbocycles. The maximum atomic E-state index is 12.6. The van der Waals surface area contributed by atoms with Crippen LogP contribution in [0.4, 0.5) is 0 Å². The Morgan fingerprint density at radius 3 is 2.40 bits per heavy atom. The summed E-state index contributed by atoms with van der Waals surface area (Å²) in [7, 11) is 0.818. The number of rotatable bonds is 2. The van der Waals surface area contributed by atoms with Crippen molar-refractivity contribution in [1.82, 2.24) is 0 Å². The highest BCUT2D eigenvalue weighted by atomic mass is 16.7.